The highest BCUT2D eigenvalue weighted by Gasteiger charge is 2.29. The molecule has 0 amide bonds. The minimum atomic E-state index is -0.943. The number of aryl methyl sites for hydroxylation is 1. The third kappa shape index (κ3) is 4.01. The number of nitrogens with zero attached hydrogens (tertiary/aromatic N) is 3. The van der Waals surface area contributed by atoms with Crippen LogP contribution >= 0.6 is 11.8 Å². The molecule has 0 bridgehead atoms. The average Bonchev–Trinajstić information content (AvgIpc) is 2.65. The molecule has 1 rings (SSSR count). The van der Waals surface area contributed by atoms with Gasteiger partial charge in [-0.3, -0.25) is 4.79 Å². The van der Waals surface area contributed by atoms with Crippen molar-refractivity contribution in [3.63, 3.8) is 0 Å². The summed E-state index contributed by atoms with van der Waals surface area (Å²) in [7, 11) is 1.82. The number of rotatable bonds is 6. The summed E-state index contributed by atoms with van der Waals surface area (Å²) in [6, 6.07) is 0. The minimum absolute atomic E-state index is 0.349. The average molecular weight is 258 g/mol. The summed E-state index contributed by atoms with van der Waals surface area (Å²) < 4.78 is 6.60. The third-order valence-corrected chi connectivity index (χ3v) is 3.30. The van der Waals surface area contributed by atoms with E-state index in [1.165, 1.54) is 18.1 Å². The summed E-state index contributed by atoms with van der Waals surface area (Å²) in [5.74, 6) is 0.330. The molecule has 1 aromatic rings. The molecule has 7 heteroatoms. The predicted octanol–water partition coefficient (Wildman–Crippen LogP) is 0.578. The van der Waals surface area contributed by atoms with E-state index in [1.807, 2.05) is 7.05 Å². The molecule has 1 unspecified atom stereocenters. The predicted molar refractivity (Wildman–Crippen MR) is 65.6 cm³/mol. The van der Waals surface area contributed by atoms with Gasteiger partial charge in [-0.2, -0.15) is 5.10 Å². The first-order chi connectivity index (χ1) is 7.97. The van der Waals surface area contributed by atoms with Crippen molar-refractivity contribution in [2.24, 2.45) is 12.8 Å². The summed E-state index contributed by atoms with van der Waals surface area (Å²) in [4.78, 5) is 15.6. The number of carbonyl (C=O) groups is 1. The Morgan fingerprint density at radius 1 is 1.71 bits per heavy atom. The molecular formula is C10H18N4O2S. The number of hydrogen-bond acceptors (Lipinski definition) is 6. The first-order valence-corrected chi connectivity index (χ1v) is 6.39. The quantitative estimate of drug-likeness (QED) is 0.593. The second kappa shape index (κ2) is 6.02. The van der Waals surface area contributed by atoms with Gasteiger partial charge in [-0.05, 0) is 20.3 Å². The Bertz CT molecular complexity index is 378. The SMILES string of the molecule is CCOC(=O)C(C)(N)CCSc1ncnn1C. The van der Waals surface area contributed by atoms with E-state index >= 15 is 0 Å². The van der Waals surface area contributed by atoms with Crippen molar-refractivity contribution in [3.8, 4) is 0 Å². The highest BCUT2D eigenvalue weighted by molar-refractivity contribution is 7.99. The Kier molecular flexibility index (Phi) is 4.95. The van der Waals surface area contributed by atoms with E-state index < -0.39 is 5.54 Å². The van der Waals surface area contributed by atoms with Crippen LogP contribution in [0, 0.1) is 0 Å². The zero-order valence-electron chi connectivity index (χ0n) is 10.3. The van der Waals surface area contributed by atoms with Crippen molar-refractivity contribution < 1.29 is 9.53 Å². The van der Waals surface area contributed by atoms with Gasteiger partial charge in [0.15, 0.2) is 5.16 Å². The molecule has 2 N–H and O–H groups in total. The fourth-order valence-corrected chi connectivity index (χ4v) is 2.23. The molecule has 0 saturated carbocycles. The summed E-state index contributed by atoms with van der Waals surface area (Å²) in [5, 5.41) is 4.77. The normalized spacial score (nSPS) is 14.4. The first kappa shape index (κ1) is 14.0. The molecule has 1 atom stereocenters. The van der Waals surface area contributed by atoms with Gasteiger partial charge in [0.25, 0.3) is 0 Å². The number of thioether (sulfide) groups is 1. The van der Waals surface area contributed by atoms with Crippen molar-refractivity contribution in [2.45, 2.75) is 31.0 Å². The van der Waals surface area contributed by atoms with Gasteiger partial charge < -0.3 is 10.5 Å². The van der Waals surface area contributed by atoms with Gasteiger partial charge in [0.2, 0.25) is 0 Å². The lowest BCUT2D eigenvalue weighted by Crippen LogP contribution is -2.46. The molecule has 0 saturated heterocycles. The van der Waals surface area contributed by atoms with E-state index in [2.05, 4.69) is 10.1 Å². The molecule has 0 fully saturated rings. The Labute approximate surface area is 105 Å². The van der Waals surface area contributed by atoms with Gasteiger partial charge in [0.1, 0.15) is 11.9 Å². The molecule has 17 heavy (non-hydrogen) atoms. The van der Waals surface area contributed by atoms with Crippen LogP contribution in [0.4, 0.5) is 0 Å². The monoisotopic (exact) mass is 258 g/mol. The number of hydrogen-bond donors (Lipinski definition) is 1. The molecule has 0 spiro atoms. The lowest BCUT2D eigenvalue weighted by Gasteiger charge is -2.21. The van der Waals surface area contributed by atoms with Crippen LogP contribution in [0.1, 0.15) is 20.3 Å². The maximum absolute atomic E-state index is 11.5. The lowest BCUT2D eigenvalue weighted by atomic mass is 10.0. The smallest absolute Gasteiger partial charge is 0.325 e. The largest absolute Gasteiger partial charge is 0.465 e. The van der Waals surface area contributed by atoms with Crippen LogP contribution in [-0.2, 0) is 16.6 Å². The van der Waals surface area contributed by atoms with Crippen molar-refractivity contribution in [2.75, 3.05) is 12.4 Å². The summed E-state index contributed by atoms with van der Waals surface area (Å²) >= 11 is 1.52. The van der Waals surface area contributed by atoms with Crippen molar-refractivity contribution in [1.29, 1.82) is 0 Å². The molecular weight excluding hydrogens is 240 g/mol. The summed E-state index contributed by atoms with van der Waals surface area (Å²) in [6.45, 7) is 3.80. The Hall–Kier alpha value is -1.08. The van der Waals surface area contributed by atoms with Gasteiger partial charge in [0, 0.05) is 12.8 Å². The molecule has 1 aromatic heterocycles. The van der Waals surface area contributed by atoms with Crippen molar-refractivity contribution in [1.82, 2.24) is 14.8 Å². The van der Waals surface area contributed by atoms with Crippen LogP contribution in [0.25, 0.3) is 0 Å². The van der Waals surface area contributed by atoms with Crippen LogP contribution in [0.15, 0.2) is 11.5 Å². The van der Waals surface area contributed by atoms with Crippen LogP contribution in [0.3, 0.4) is 0 Å². The van der Waals surface area contributed by atoms with E-state index in [-0.39, 0.29) is 5.97 Å². The Morgan fingerprint density at radius 2 is 2.41 bits per heavy atom. The molecule has 0 radical (unpaired) electrons. The zero-order chi connectivity index (χ0) is 12.9. The van der Waals surface area contributed by atoms with Gasteiger partial charge >= 0.3 is 5.97 Å². The van der Waals surface area contributed by atoms with E-state index in [9.17, 15) is 4.79 Å². The summed E-state index contributed by atoms with van der Waals surface area (Å²) in [6.07, 6.45) is 2.03. The minimum Gasteiger partial charge on any atom is -0.465 e. The maximum Gasteiger partial charge on any atom is 0.325 e. The number of aromatic nitrogens is 3. The molecule has 6 nitrogen and oxygen atoms in total. The highest BCUT2D eigenvalue weighted by atomic mass is 32.2. The van der Waals surface area contributed by atoms with Crippen LogP contribution in [-0.4, -0.2) is 38.6 Å². The molecule has 0 aromatic carbocycles. The van der Waals surface area contributed by atoms with E-state index in [0.717, 1.165) is 5.16 Å². The zero-order valence-corrected chi connectivity index (χ0v) is 11.2. The van der Waals surface area contributed by atoms with Gasteiger partial charge in [0.05, 0.1) is 6.61 Å². The third-order valence-electron chi connectivity index (χ3n) is 2.26. The van der Waals surface area contributed by atoms with Crippen LogP contribution in [0.2, 0.25) is 0 Å². The molecule has 0 aliphatic heterocycles. The number of esters is 1. The topological polar surface area (TPSA) is 83.0 Å². The second-order valence-corrected chi connectivity index (χ2v) is 4.96. The standard InChI is InChI=1S/C10H18N4O2S/c1-4-16-8(15)10(2,11)5-6-17-9-12-7-13-14(9)3/h7H,4-6,11H2,1-3H3. The fraction of sp³-hybridized carbons (Fsp3) is 0.700. The maximum atomic E-state index is 11.5. The Morgan fingerprint density at radius 3 is 2.94 bits per heavy atom. The number of carbonyl (C=O) groups excluding carboxylic acids is 1. The molecule has 96 valence electrons. The van der Waals surface area contributed by atoms with Crippen molar-refractivity contribution in [3.05, 3.63) is 6.33 Å². The van der Waals surface area contributed by atoms with Crippen LogP contribution in [0.5, 0.6) is 0 Å². The fourth-order valence-electron chi connectivity index (χ4n) is 1.17. The van der Waals surface area contributed by atoms with Gasteiger partial charge in [-0.25, -0.2) is 9.67 Å². The van der Waals surface area contributed by atoms with E-state index in [1.54, 1.807) is 18.5 Å². The molecule has 1 heterocycles. The van der Waals surface area contributed by atoms with E-state index in [0.29, 0.717) is 18.8 Å². The lowest BCUT2D eigenvalue weighted by molar-refractivity contribution is -0.149. The van der Waals surface area contributed by atoms with Gasteiger partial charge in [-0.15, -0.1) is 0 Å². The second-order valence-electron chi connectivity index (χ2n) is 3.90. The molecule has 0 aliphatic rings. The summed E-state index contributed by atoms with van der Waals surface area (Å²) in [5.41, 5.74) is 4.95. The number of nitrogens with two attached hydrogens (primary N) is 1. The molecule has 0 aliphatic carbocycles. The Balaban J connectivity index is 2.40. The highest BCUT2D eigenvalue weighted by Crippen LogP contribution is 2.18. The first-order valence-electron chi connectivity index (χ1n) is 5.40. The van der Waals surface area contributed by atoms with Crippen LogP contribution < -0.4 is 5.73 Å². The van der Waals surface area contributed by atoms with E-state index in [4.69, 9.17) is 10.5 Å². The number of ether oxygens (including phenoxy) is 1. The van der Waals surface area contributed by atoms with Gasteiger partial charge in [-0.1, -0.05) is 11.8 Å². The van der Waals surface area contributed by atoms with Crippen molar-refractivity contribution >= 4 is 17.7 Å².